The molecule has 23 heavy (non-hydrogen) atoms. The number of hydrogen-bond acceptors (Lipinski definition) is 4. The van der Waals surface area contributed by atoms with Crippen molar-refractivity contribution in [2.75, 3.05) is 13.1 Å². The summed E-state index contributed by atoms with van der Waals surface area (Å²) in [6, 6.07) is 14.6. The molecule has 0 aromatic heterocycles. The summed E-state index contributed by atoms with van der Waals surface area (Å²) in [5.74, 6) is -0.579. The normalized spacial score (nSPS) is 16.7. The summed E-state index contributed by atoms with van der Waals surface area (Å²) >= 11 is 3.32. The number of ether oxygens (including phenoxy) is 1. The molecule has 2 aromatic carbocycles. The molecule has 120 valence electrons. The topological polar surface area (TPSA) is 58.6 Å². The summed E-state index contributed by atoms with van der Waals surface area (Å²) in [6.07, 6.45) is 1.41. The average molecular weight is 376 g/mol. The fraction of sp³-hybridized carbons (Fsp3) is 0.278. The summed E-state index contributed by atoms with van der Waals surface area (Å²) < 4.78 is 6.65. The number of benzene rings is 2. The minimum Gasteiger partial charge on any atom is -0.507 e. The molecule has 4 nitrogen and oxygen atoms in total. The first-order chi connectivity index (χ1) is 11.1. The number of carbonyl (C=O) groups excluding carboxylic acids is 1. The first kappa shape index (κ1) is 16.0. The standard InChI is InChI=1S/C18H18BrNO3/c19-14-6-7-16(21)15(12-14)17(22)23-18(8-10-20-11-9-18)13-4-2-1-3-5-13/h1-7,12,20-21H,8-11H2. The maximum atomic E-state index is 12.6. The number of halogens is 1. The van der Waals surface area contributed by atoms with E-state index in [1.807, 2.05) is 30.3 Å². The van der Waals surface area contributed by atoms with Crippen LogP contribution in [0.3, 0.4) is 0 Å². The predicted molar refractivity (Wildman–Crippen MR) is 91.4 cm³/mol. The second-order valence-electron chi connectivity index (χ2n) is 5.66. The Morgan fingerprint density at radius 1 is 1.13 bits per heavy atom. The Labute approximate surface area is 143 Å². The van der Waals surface area contributed by atoms with Crippen LogP contribution in [0.25, 0.3) is 0 Å². The molecule has 3 rings (SSSR count). The van der Waals surface area contributed by atoms with Crippen LogP contribution in [-0.4, -0.2) is 24.2 Å². The lowest BCUT2D eigenvalue weighted by molar-refractivity contribution is -0.0380. The van der Waals surface area contributed by atoms with Crippen LogP contribution in [0.5, 0.6) is 5.75 Å². The highest BCUT2D eigenvalue weighted by molar-refractivity contribution is 9.10. The van der Waals surface area contributed by atoms with Crippen molar-refractivity contribution in [2.24, 2.45) is 0 Å². The molecular weight excluding hydrogens is 358 g/mol. The van der Waals surface area contributed by atoms with E-state index in [-0.39, 0.29) is 11.3 Å². The Hall–Kier alpha value is -1.85. The monoisotopic (exact) mass is 375 g/mol. The Morgan fingerprint density at radius 3 is 2.52 bits per heavy atom. The Bertz CT molecular complexity index is 697. The third kappa shape index (κ3) is 3.41. The number of rotatable bonds is 3. The molecule has 0 radical (unpaired) electrons. The molecule has 0 spiro atoms. The molecule has 5 heteroatoms. The van der Waals surface area contributed by atoms with E-state index in [2.05, 4.69) is 21.2 Å². The molecule has 1 aliphatic heterocycles. The van der Waals surface area contributed by atoms with E-state index in [1.165, 1.54) is 6.07 Å². The molecule has 2 N–H and O–H groups in total. The maximum Gasteiger partial charge on any atom is 0.342 e. The number of carbonyl (C=O) groups is 1. The van der Waals surface area contributed by atoms with E-state index in [1.54, 1.807) is 12.1 Å². The molecule has 1 heterocycles. The largest absolute Gasteiger partial charge is 0.507 e. The molecule has 0 amide bonds. The zero-order chi connectivity index (χ0) is 16.3. The van der Waals surface area contributed by atoms with E-state index in [0.717, 1.165) is 23.1 Å². The average Bonchev–Trinajstić information content (AvgIpc) is 2.58. The summed E-state index contributed by atoms with van der Waals surface area (Å²) in [6.45, 7) is 1.57. The zero-order valence-electron chi connectivity index (χ0n) is 12.6. The number of hydrogen-bond donors (Lipinski definition) is 2. The lowest BCUT2D eigenvalue weighted by Crippen LogP contribution is -2.43. The van der Waals surface area contributed by atoms with Crippen molar-refractivity contribution in [1.82, 2.24) is 5.32 Å². The Morgan fingerprint density at radius 2 is 1.83 bits per heavy atom. The van der Waals surface area contributed by atoms with E-state index in [0.29, 0.717) is 12.8 Å². The first-order valence-corrected chi connectivity index (χ1v) is 8.38. The summed E-state index contributed by atoms with van der Waals surface area (Å²) in [5.41, 5.74) is 0.510. The lowest BCUT2D eigenvalue weighted by Gasteiger charge is -2.37. The van der Waals surface area contributed by atoms with Gasteiger partial charge in [0.25, 0.3) is 0 Å². The highest BCUT2D eigenvalue weighted by Crippen LogP contribution is 2.36. The quantitative estimate of drug-likeness (QED) is 0.804. The van der Waals surface area contributed by atoms with Crippen molar-refractivity contribution >= 4 is 21.9 Å². The summed E-state index contributed by atoms with van der Waals surface area (Å²) in [4.78, 5) is 12.6. The van der Waals surface area contributed by atoms with Crippen molar-refractivity contribution < 1.29 is 14.6 Å². The molecule has 0 unspecified atom stereocenters. The molecule has 0 saturated carbocycles. The molecule has 0 bridgehead atoms. The number of nitrogens with one attached hydrogen (secondary N) is 1. The number of aromatic hydroxyl groups is 1. The Balaban J connectivity index is 1.93. The van der Waals surface area contributed by atoms with Crippen LogP contribution in [0.15, 0.2) is 53.0 Å². The van der Waals surface area contributed by atoms with Gasteiger partial charge in [0.15, 0.2) is 0 Å². The van der Waals surface area contributed by atoms with E-state index in [4.69, 9.17) is 4.74 Å². The van der Waals surface area contributed by atoms with Gasteiger partial charge in [-0.05, 0) is 36.9 Å². The van der Waals surface area contributed by atoms with E-state index < -0.39 is 11.6 Å². The van der Waals surface area contributed by atoms with E-state index in [9.17, 15) is 9.90 Å². The third-order valence-corrected chi connectivity index (χ3v) is 4.67. The SMILES string of the molecule is O=C(OC1(c2ccccc2)CCNCC1)c1cc(Br)ccc1O. The second-order valence-corrected chi connectivity index (χ2v) is 6.58. The number of esters is 1. The molecular formula is C18H18BrNO3. The van der Waals surface area contributed by atoms with Gasteiger partial charge in [0.2, 0.25) is 0 Å². The smallest absolute Gasteiger partial charge is 0.342 e. The first-order valence-electron chi connectivity index (χ1n) is 7.59. The van der Waals surface area contributed by atoms with Crippen LogP contribution in [0, 0.1) is 0 Å². The van der Waals surface area contributed by atoms with Gasteiger partial charge in [0.1, 0.15) is 16.9 Å². The highest BCUT2D eigenvalue weighted by atomic mass is 79.9. The second kappa shape index (κ2) is 6.72. The zero-order valence-corrected chi connectivity index (χ0v) is 14.2. The van der Waals surface area contributed by atoms with Crippen molar-refractivity contribution in [3.8, 4) is 5.75 Å². The summed E-state index contributed by atoms with van der Waals surface area (Å²) in [5, 5.41) is 13.2. The summed E-state index contributed by atoms with van der Waals surface area (Å²) in [7, 11) is 0. The van der Waals surface area contributed by atoms with Crippen molar-refractivity contribution in [3.05, 3.63) is 64.1 Å². The van der Waals surface area contributed by atoms with E-state index >= 15 is 0 Å². The van der Waals surface area contributed by atoms with Gasteiger partial charge in [-0.3, -0.25) is 0 Å². The Kier molecular flexibility index (Phi) is 4.68. The maximum absolute atomic E-state index is 12.6. The van der Waals surface area contributed by atoms with Crippen LogP contribution < -0.4 is 5.32 Å². The fourth-order valence-corrected chi connectivity index (χ4v) is 3.29. The van der Waals surface area contributed by atoms with Gasteiger partial charge in [0.05, 0.1) is 0 Å². The minimum absolute atomic E-state index is 0.0738. The predicted octanol–water partition coefficient (Wildman–Crippen LogP) is 3.59. The number of piperidine rings is 1. The van der Waals surface area contributed by atoms with Crippen LogP contribution >= 0.6 is 15.9 Å². The van der Waals surface area contributed by atoms with Crippen molar-refractivity contribution in [1.29, 1.82) is 0 Å². The molecule has 1 saturated heterocycles. The molecule has 1 fully saturated rings. The van der Waals surface area contributed by atoms with Crippen LogP contribution in [0.2, 0.25) is 0 Å². The third-order valence-electron chi connectivity index (χ3n) is 4.18. The van der Waals surface area contributed by atoms with Gasteiger partial charge in [0, 0.05) is 17.3 Å². The van der Waals surface area contributed by atoms with Crippen molar-refractivity contribution in [2.45, 2.75) is 18.4 Å². The molecule has 0 aliphatic carbocycles. The van der Waals surface area contributed by atoms with Crippen LogP contribution in [0.4, 0.5) is 0 Å². The fourth-order valence-electron chi connectivity index (χ4n) is 2.93. The van der Waals surface area contributed by atoms with Crippen LogP contribution in [-0.2, 0) is 10.3 Å². The van der Waals surface area contributed by atoms with Gasteiger partial charge in [-0.1, -0.05) is 46.3 Å². The van der Waals surface area contributed by atoms with Crippen LogP contribution in [0.1, 0.15) is 28.8 Å². The lowest BCUT2D eigenvalue weighted by atomic mass is 9.84. The minimum atomic E-state index is -0.654. The van der Waals surface area contributed by atoms with Gasteiger partial charge in [-0.2, -0.15) is 0 Å². The number of phenolic OH excluding ortho intramolecular Hbond substituents is 1. The van der Waals surface area contributed by atoms with Gasteiger partial charge < -0.3 is 15.2 Å². The number of phenols is 1. The van der Waals surface area contributed by atoms with Gasteiger partial charge in [-0.15, -0.1) is 0 Å². The van der Waals surface area contributed by atoms with Crippen molar-refractivity contribution in [3.63, 3.8) is 0 Å². The molecule has 1 aliphatic rings. The molecule has 2 aromatic rings. The van der Waals surface area contributed by atoms with Gasteiger partial charge in [-0.25, -0.2) is 4.79 Å². The van der Waals surface area contributed by atoms with Gasteiger partial charge >= 0.3 is 5.97 Å². The molecule has 0 atom stereocenters. The highest BCUT2D eigenvalue weighted by Gasteiger charge is 2.38.